The normalized spacial score (nSPS) is 12.4. The van der Waals surface area contributed by atoms with Crippen LogP contribution < -0.4 is 5.32 Å². The highest BCUT2D eigenvalue weighted by atomic mass is 16.3. The molecule has 0 aliphatic carbocycles. The maximum atomic E-state index is 12.9. The summed E-state index contributed by atoms with van der Waals surface area (Å²) in [7, 11) is 0. The van der Waals surface area contributed by atoms with Crippen LogP contribution in [-0.4, -0.2) is 21.7 Å². The summed E-state index contributed by atoms with van der Waals surface area (Å²) in [5.74, 6) is 0.844. The predicted octanol–water partition coefficient (Wildman–Crippen LogP) is 4.52. The van der Waals surface area contributed by atoms with Crippen LogP contribution >= 0.6 is 0 Å². The fraction of sp³-hybridized carbons (Fsp3) is 0.333. The minimum Gasteiger partial charge on any atom is -0.463 e. The highest BCUT2D eigenvalue weighted by Gasteiger charge is 2.21. The van der Waals surface area contributed by atoms with Gasteiger partial charge in [-0.05, 0) is 50.5 Å². The van der Waals surface area contributed by atoms with Gasteiger partial charge in [-0.1, -0.05) is 31.5 Å². The average Bonchev–Trinajstić information content (AvgIpc) is 3.24. The van der Waals surface area contributed by atoms with Crippen LogP contribution in [0.4, 0.5) is 0 Å². The predicted molar refractivity (Wildman–Crippen MR) is 103 cm³/mol. The highest BCUT2D eigenvalue weighted by Crippen LogP contribution is 2.24. The van der Waals surface area contributed by atoms with Crippen molar-refractivity contribution in [3.05, 3.63) is 59.5 Å². The fourth-order valence-electron chi connectivity index (χ4n) is 2.76. The number of aromatic nitrogens is 2. The molecule has 1 N–H and O–H groups in total. The lowest BCUT2D eigenvalue weighted by atomic mass is 10.1. The van der Waals surface area contributed by atoms with Gasteiger partial charge in [0.05, 0.1) is 12.0 Å². The molecule has 1 amide bonds. The second-order valence-corrected chi connectivity index (χ2v) is 7.10. The standard InChI is InChI=1S/C21H25N3O2/c1-13(2)16(5)22-21(25)19-12-17(20-7-6-10-26-20)23-24(19)18-9-8-14(3)11-15(18)4/h6-13,16H,1-5H3,(H,22,25)/t16-/m0/s1. The zero-order chi connectivity index (χ0) is 18.8. The topological polar surface area (TPSA) is 60.1 Å². The number of hydrogen-bond donors (Lipinski definition) is 1. The van der Waals surface area contributed by atoms with E-state index < -0.39 is 0 Å². The summed E-state index contributed by atoms with van der Waals surface area (Å²) in [6.07, 6.45) is 1.60. The third kappa shape index (κ3) is 3.57. The average molecular weight is 351 g/mol. The third-order valence-electron chi connectivity index (χ3n) is 4.65. The van der Waals surface area contributed by atoms with Gasteiger partial charge in [-0.15, -0.1) is 0 Å². The molecule has 1 atom stereocenters. The lowest BCUT2D eigenvalue weighted by Crippen LogP contribution is -2.37. The summed E-state index contributed by atoms with van der Waals surface area (Å²) >= 11 is 0. The molecule has 2 aromatic heterocycles. The molecule has 0 spiro atoms. The number of furan rings is 1. The van der Waals surface area contributed by atoms with E-state index in [0.29, 0.717) is 23.1 Å². The molecular weight excluding hydrogens is 326 g/mol. The first-order chi connectivity index (χ1) is 12.4. The second-order valence-electron chi connectivity index (χ2n) is 7.10. The van der Waals surface area contributed by atoms with Gasteiger partial charge in [0.15, 0.2) is 5.76 Å². The van der Waals surface area contributed by atoms with Gasteiger partial charge >= 0.3 is 0 Å². The van der Waals surface area contributed by atoms with Gasteiger partial charge in [-0.2, -0.15) is 5.10 Å². The van der Waals surface area contributed by atoms with E-state index in [9.17, 15) is 4.79 Å². The van der Waals surface area contributed by atoms with Gasteiger partial charge in [0.25, 0.3) is 5.91 Å². The van der Waals surface area contributed by atoms with Crippen LogP contribution in [0, 0.1) is 19.8 Å². The van der Waals surface area contributed by atoms with Gasteiger partial charge < -0.3 is 9.73 Å². The van der Waals surface area contributed by atoms with Gasteiger partial charge in [0.2, 0.25) is 0 Å². The Morgan fingerprint density at radius 1 is 1.15 bits per heavy atom. The molecule has 0 bridgehead atoms. The number of nitrogens with one attached hydrogen (secondary N) is 1. The van der Waals surface area contributed by atoms with Crippen molar-refractivity contribution in [2.75, 3.05) is 0 Å². The lowest BCUT2D eigenvalue weighted by molar-refractivity contribution is 0.0922. The Morgan fingerprint density at radius 2 is 1.92 bits per heavy atom. The van der Waals surface area contributed by atoms with Gasteiger partial charge in [-0.3, -0.25) is 4.79 Å². The van der Waals surface area contributed by atoms with Crippen LogP contribution in [0.2, 0.25) is 0 Å². The number of carbonyl (C=O) groups is 1. The fourth-order valence-corrected chi connectivity index (χ4v) is 2.76. The van der Waals surface area contributed by atoms with Crippen molar-refractivity contribution in [1.82, 2.24) is 15.1 Å². The molecular formula is C21H25N3O2. The molecule has 5 nitrogen and oxygen atoms in total. The molecule has 0 radical (unpaired) electrons. The van der Waals surface area contributed by atoms with Crippen molar-refractivity contribution >= 4 is 5.91 Å². The summed E-state index contributed by atoms with van der Waals surface area (Å²) in [5, 5.41) is 7.71. The van der Waals surface area contributed by atoms with E-state index in [0.717, 1.165) is 11.3 Å². The van der Waals surface area contributed by atoms with Crippen molar-refractivity contribution in [3.63, 3.8) is 0 Å². The zero-order valence-corrected chi connectivity index (χ0v) is 15.9. The first-order valence-electron chi connectivity index (χ1n) is 8.89. The van der Waals surface area contributed by atoms with Crippen LogP contribution in [-0.2, 0) is 0 Å². The molecule has 0 aliphatic heterocycles. The third-order valence-corrected chi connectivity index (χ3v) is 4.65. The molecule has 2 heterocycles. The van der Waals surface area contributed by atoms with Gasteiger partial charge in [0.1, 0.15) is 11.4 Å². The van der Waals surface area contributed by atoms with Crippen LogP contribution in [0.3, 0.4) is 0 Å². The lowest BCUT2D eigenvalue weighted by Gasteiger charge is -2.18. The summed E-state index contributed by atoms with van der Waals surface area (Å²) in [6.45, 7) is 10.2. The van der Waals surface area contributed by atoms with E-state index in [4.69, 9.17) is 4.42 Å². The van der Waals surface area contributed by atoms with Crippen LogP contribution in [0.15, 0.2) is 47.1 Å². The van der Waals surface area contributed by atoms with Crippen molar-refractivity contribution < 1.29 is 9.21 Å². The quantitative estimate of drug-likeness (QED) is 0.735. The molecule has 5 heteroatoms. The van der Waals surface area contributed by atoms with E-state index in [1.165, 1.54) is 5.56 Å². The van der Waals surface area contributed by atoms with E-state index in [2.05, 4.69) is 30.3 Å². The zero-order valence-electron chi connectivity index (χ0n) is 15.9. The van der Waals surface area contributed by atoms with Gasteiger partial charge in [0, 0.05) is 12.1 Å². The number of carbonyl (C=O) groups excluding carboxylic acids is 1. The molecule has 0 saturated carbocycles. The Kier molecular flexibility index (Phi) is 4.98. The molecule has 3 rings (SSSR count). The summed E-state index contributed by atoms with van der Waals surface area (Å²) < 4.78 is 7.17. The van der Waals surface area contributed by atoms with E-state index in [1.54, 1.807) is 17.0 Å². The molecule has 0 unspecified atom stereocenters. The minimum atomic E-state index is -0.142. The largest absolute Gasteiger partial charge is 0.463 e. The summed E-state index contributed by atoms with van der Waals surface area (Å²) in [4.78, 5) is 12.9. The van der Waals surface area contributed by atoms with Crippen molar-refractivity contribution in [1.29, 1.82) is 0 Å². The summed E-state index contributed by atoms with van der Waals surface area (Å²) in [5.41, 5.74) is 4.25. The molecule has 0 fully saturated rings. The SMILES string of the molecule is Cc1ccc(-n2nc(-c3ccco3)cc2C(=O)N[C@@H](C)C(C)C)c(C)c1. The molecule has 0 saturated heterocycles. The van der Waals surface area contributed by atoms with Crippen molar-refractivity contribution in [2.24, 2.45) is 5.92 Å². The maximum absolute atomic E-state index is 12.9. The minimum absolute atomic E-state index is 0.0667. The Bertz CT molecular complexity index is 907. The Hall–Kier alpha value is -2.82. The van der Waals surface area contributed by atoms with E-state index in [-0.39, 0.29) is 11.9 Å². The van der Waals surface area contributed by atoms with Crippen molar-refractivity contribution in [2.45, 2.75) is 40.7 Å². The Balaban J connectivity index is 2.08. The van der Waals surface area contributed by atoms with E-state index in [1.807, 2.05) is 45.0 Å². The number of amides is 1. The van der Waals surface area contributed by atoms with Crippen LogP contribution in [0.1, 0.15) is 42.4 Å². The number of hydrogen-bond acceptors (Lipinski definition) is 3. The monoisotopic (exact) mass is 351 g/mol. The van der Waals surface area contributed by atoms with Gasteiger partial charge in [-0.25, -0.2) is 4.68 Å². The first kappa shape index (κ1) is 18.0. The number of aryl methyl sites for hydroxylation is 2. The van der Waals surface area contributed by atoms with Crippen LogP contribution in [0.25, 0.3) is 17.1 Å². The molecule has 26 heavy (non-hydrogen) atoms. The maximum Gasteiger partial charge on any atom is 0.270 e. The Labute approximate surface area is 154 Å². The molecule has 0 aliphatic rings. The van der Waals surface area contributed by atoms with E-state index >= 15 is 0 Å². The number of nitrogens with zero attached hydrogens (tertiary/aromatic N) is 2. The number of rotatable bonds is 5. The highest BCUT2D eigenvalue weighted by molar-refractivity contribution is 5.94. The summed E-state index contributed by atoms with van der Waals surface area (Å²) in [6, 6.07) is 11.6. The second kappa shape index (κ2) is 7.20. The molecule has 1 aromatic carbocycles. The Morgan fingerprint density at radius 3 is 2.54 bits per heavy atom. The molecule has 3 aromatic rings. The number of benzene rings is 1. The molecule has 136 valence electrons. The van der Waals surface area contributed by atoms with Crippen LogP contribution in [0.5, 0.6) is 0 Å². The van der Waals surface area contributed by atoms with Crippen molar-refractivity contribution in [3.8, 4) is 17.1 Å². The first-order valence-corrected chi connectivity index (χ1v) is 8.89. The smallest absolute Gasteiger partial charge is 0.270 e.